The van der Waals surface area contributed by atoms with E-state index in [-0.39, 0.29) is 12.0 Å². The maximum atomic E-state index is 12.4. The van der Waals surface area contributed by atoms with E-state index >= 15 is 0 Å². The van der Waals surface area contributed by atoms with Gasteiger partial charge in [-0.1, -0.05) is 109 Å². The minimum atomic E-state index is -0.374. The number of carbonyl (C=O) groups excluding carboxylic acids is 1. The van der Waals surface area contributed by atoms with Crippen LogP contribution in [0.4, 0.5) is 4.79 Å². The zero-order valence-electron chi connectivity index (χ0n) is 20.0. The first kappa shape index (κ1) is 22.1. The summed E-state index contributed by atoms with van der Waals surface area (Å²) in [6.45, 7) is 0.859. The summed E-state index contributed by atoms with van der Waals surface area (Å²) in [7, 11) is 0. The average Bonchev–Trinajstić information content (AvgIpc) is 3.25. The smallest absolute Gasteiger partial charge is 0.407 e. The van der Waals surface area contributed by atoms with E-state index in [1.807, 2.05) is 12.1 Å². The molecule has 3 heteroatoms. The van der Waals surface area contributed by atoms with Gasteiger partial charge in [0, 0.05) is 12.5 Å². The summed E-state index contributed by atoms with van der Waals surface area (Å²) in [6, 6.07) is 35.9. The Morgan fingerprint density at radius 2 is 1.36 bits per heavy atom. The molecule has 0 radical (unpaired) electrons. The molecule has 0 aliphatic heterocycles. The van der Waals surface area contributed by atoms with Crippen molar-refractivity contribution in [1.29, 1.82) is 0 Å². The molecule has 1 amide bonds. The van der Waals surface area contributed by atoms with E-state index < -0.39 is 0 Å². The molecule has 1 aliphatic rings. The quantitative estimate of drug-likeness (QED) is 0.202. The fraction of sp³-hybridized carbons (Fsp3) is 0.121. The summed E-state index contributed by atoms with van der Waals surface area (Å²) >= 11 is 0. The molecule has 0 fully saturated rings. The van der Waals surface area contributed by atoms with Crippen molar-refractivity contribution in [2.24, 2.45) is 0 Å². The summed E-state index contributed by atoms with van der Waals surface area (Å²) in [5.74, 6) is 0.0734. The molecule has 1 aliphatic carbocycles. The van der Waals surface area contributed by atoms with E-state index in [0.717, 1.165) is 6.42 Å². The summed E-state index contributed by atoms with van der Waals surface area (Å²) in [5.41, 5.74) is 6.08. The topological polar surface area (TPSA) is 38.3 Å². The third-order valence-electron chi connectivity index (χ3n) is 7.02. The fourth-order valence-corrected chi connectivity index (χ4v) is 5.34. The highest BCUT2D eigenvalue weighted by atomic mass is 16.5. The molecule has 0 saturated heterocycles. The monoisotopic (exact) mass is 469 g/mol. The van der Waals surface area contributed by atoms with Crippen LogP contribution in [0, 0.1) is 0 Å². The van der Waals surface area contributed by atoms with E-state index in [2.05, 4.69) is 108 Å². The molecule has 3 nitrogen and oxygen atoms in total. The molecule has 1 N–H and O–H groups in total. The van der Waals surface area contributed by atoms with Crippen molar-refractivity contribution < 1.29 is 9.53 Å². The van der Waals surface area contributed by atoms with Gasteiger partial charge in [-0.3, -0.25) is 0 Å². The number of rotatable bonds is 6. The van der Waals surface area contributed by atoms with Crippen molar-refractivity contribution in [1.82, 2.24) is 5.32 Å². The number of fused-ring (bicyclic) bond motifs is 6. The lowest BCUT2D eigenvalue weighted by molar-refractivity contribution is 0.143. The Labute approximate surface area is 211 Å². The Morgan fingerprint density at radius 3 is 2.11 bits per heavy atom. The molecule has 0 spiro atoms. The number of hydrogen-bond donors (Lipinski definition) is 1. The van der Waals surface area contributed by atoms with Crippen LogP contribution in [-0.2, 0) is 4.74 Å². The number of alkyl carbamates (subject to hydrolysis) is 1. The number of nitrogens with one attached hydrogen (secondary N) is 1. The van der Waals surface area contributed by atoms with Gasteiger partial charge in [-0.25, -0.2) is 4.79 Å². The lowest BCUT2D eigenvalue weighted by Gasteiger charge is -2.14. The highest BCUT2D eigenvalue weighted by molar-refractivity contribution is 6.10. The maximum absolute atomic E-state index is 12.4. The summed E-state index contributed by atoms with van der Waals surface area (Å²) in [4.78, 5) is 12.4. The van der Waals surface area contributed by atoms with Gasteiger partial charge in [0.15, 0.2) is 0 Å². The Balaban J connectivity index is 1.07. The van der Waals surface area contributed by atoms with Gasteiger partial charge < -0.3 is 10.1 Å². The first-order chi connectivity index (χ1) is 17.8. The van der Waals surface area contributed by atoms with E-state index in [1.165, 1.54) is 49.4 Å². The van der Waals surface area contributed by atoms with Crippen molar-refractivity contribution >= 4 is 33.7 Å². The number of benzene rings is 5. The van der Waals surface area contributed by atoms with Crippen molar-refractivity contribution in [2.75, 3.05) is 13.2 Å². The van der Waals surface area contributed by atoms with Crippen LogP contribution in [0.2, 0.25) is 0 Å². The summed E-state index contributed by atoms with van der Waals surface area (Å²) in [5, 5.41) is 7.88. The lowest BCUT2D eigenvalue weighted by atomic mass is 9.97. The molecule has 5 aromatic carbocycles. The molecule has 0 saturated carbocycles. The highest BCUT2D eigenvalue weighted by Crippen LogP contribution is 2.44. The number of ether oxygens (including phenoxy) is 1. The minimum Gasteiger partial charge on any atom is -0.449 e. The Morgan fingerprint density at radius 1 is 0.750 bits per heavy atom. The average molecular weight is 470 g/mol. The van der Waals surface area contributed by atoms with E-state index in [4.69, 9.17) is 4.74 Å². The molecular weight excluding hydrogens is 442 g/mol. The molecule has 5 aromatic rings. The number of hydrogen-bond acceptors (Lipinski definition) is 2. The minimum absolute atomic E-state index is 0.0734. The largest absolute Gasteiger partial charge is 0.449 e. The SMILES string of the molecule is O=C(NCCC=Cc1cc2ccccc2c2ccccc12)OCC1c2ccccc2-c2ccccc21. The van der Waals surface area contributed by atoms with E-state index in [9.17, 15) is 4.79 Å². The van der Waals surface area contributed by atoms with Crippen LogP contribution in [0.25, 0.3) is 38.7 Å². The Bertz CT molecular complexity index is 1560. The number of amides is 1. The van der Waals surface area contributed by atoms with Crippen LogP contribution in [0.15, 0.2) is 109 Å². The van der Waals surface area contributed by atoms with Gasteiger partial charge in [-0.05, 0) is 61.8 Å². The summed E-state index contributed by atoms with van der Waals surface area (Å²) in [6.07, 6.45) is 4.61. The molecule has 36 heavy (non-hydrogen) atoms. The van der Waals surface area contributed by atoms with Crippen LogP contribution >= 0.6 is 0 Å². The van der Waals surface area contributed by atoms with Crippen molar-refractivity contribution in [3.8, 4) is 11.1 Å². The van der Waals surface area contributed by atoms with Gasteiger partial charge in [-0.2, -0.15) is 0 Å². The standard InChI is InChI=1S/C33H27NO2/c35-33(36-22-32-30-18-7-5-16-28(30)29-17-6-8-19-31(29)32)34-20-10-9-12-24-21-23-11-1-2-13-25(23)27-15-4-3-14-26(24)27/h1-9,11-19,21,32H,10,20,22H2,(H,34,35). The summed E-state index contributed by atoms with van der Waals surface area (Å²) < 4.78 is 5.64. The first-order valence-electron chi connectivity index (χ1n) is 12.5. The van der Waals surface area contributed by atoms with Gasteiger partial charge in [0.1, 0.15) is 6.61 Å². The van der Waals surface area contributed by atoms with Gasteiger partial charge in [-0.15, -0.1) is 0 Å². The van der Waals surface area contributed by atoms with Gasteiger partial charge in [0.05, 0.1) is 0 Å². The zero-order chi connectivity index (χ0) is 24.3. The van der Waals surface area contributed by atoms with Crippen LogP contribution in [-0.4, -0.2) is 19.2 Å². The highest BCUT2D eigenvalue weighted by Gasteiger charge is 2.28. The first-order valence-corrected chi connectivity index (χ1v) is 12.5. The molecule has 0 unspecified atom stereocenters. The molecular formula is C33H27NO2. The Kier molecular flexibility index (Phi) is 5.96. The van der Waals surface area contributed by atoms with Crippen LogP contribution < -0.4 is 5.32 Å². The zero-order valence-corrected chi connectivity index (χ0v) is 20.0. The van der Waals surface area contributed by atoms with Crippen molar-refractivity contribution in [3.63, 3.8) is 0 Å². The second-order valence-electron chi connectivity index (χ2n) is 9.18. The van der Waals surface area contributed by atoms with Crippen LogP contribution in [0.1, 0.15) is 29.0 Å². The predicted octanol–water partition coefficient (Wildman–Crippen LogP) is 7.94. The molecule has 176 valence electrons. The Hall–Kier alpha value is -4.37. The second-order valence-corrected chi connectivity index (χ2v) is 9.18. The van der Waals surface area contributed by atoms with E-state index in [0.29, 0.717) is 13.2 Å². The van der Waals surface area contributed by atoms with Crippen LogP contribution in [0.3, 0.4) is 0 Å². The molecule has 6 rings (SSSR count). The third kappa shape index (κ3) is 4.14. The van der Waals surface area contributed by atoms with Gasteiger partial charge in [0.25, 0.3) is 0 Å². The third-order valence-corrected chi connectivity index (χ3v) is 7.02. The van der Waals surface area contributed by atoms with Gasteiger partial charge in [0.2, 0.25) is 0 Å². The second kappa shape index (κ2) is 9.71. The van der Waals surface area contributed by atoms with E-state index in [1.54, 1.807) is 0 Å². The molecule has 0 atom stereocenters. The van der Waals surface area contributed by atoms with Crippen molar-refractivity contribution in [2.45, 2.75) is 12.3 Å². The number of carbonyl (C=O) groups is 1. The lowest BCUT2D eigenvalue weighted by Crippen LogP contribution is -2.26. The maximum Gasteiger partial charge on any atom is 0.407 e. The molecule has 0 aromatic heterocycles. The normalized spacial score (nSPS) is 12.7. The predicted molar refractivity (Wildman–Crippen MR) is 148 cm³/mol. The molecule has 0 heterocycles. The fourth-order valence-electron chi connectivity index (χ4n) is 5.34. The van der Waals surface area contributed by atoms with Gasteiger partial charge >= 0.3 is 6.09 Å². The molecule has 0 bridgehead atoms. The van der Waals surface area contributed by atoms with Crippen LogP contribution in [0.5, 0.6) is 0 Å². The van der Waals surface area contributed by atoms with Crippen molar-refractivity contribution in [3.05, 3.63) is 126 Å².